The summed E-state index contributed by atoms with van der Waals surface area (Å²) in [5.74, 6) is 0.105. The van der Waals surface area contributed by atoms with E-state index in [1.807, 2.05) is 52.0 Å². The first-order chi connectivity index (χ1) is 12.2. The topological polar surface area (TPSA) is 40.9 Å². The summed E-state index contributed by atoms with van der Waals surface area (Å²) in [4.78, 5) is 16.9. The highest BCUT2D eigenvalue weighted by Crippen LogP contribution is 2.16. The number of hydrogen-bond acceptors (Lipinski definition) is 3. The minimum atomic E-state index is 0.105. The molecule has 5 nitrogen and oxygen atoms in total. The van der Waals surface area contributed by atoms with Crippen molar-refractivity contribution in [1.29, 1.82) is 0 Å². The Morgan fingerprint density at radius 3 is 2.64 bits per heavy atom. The molecular weight excluding hydrogens is 380 g/mol. The predicted octanol–water partition coefficient (Wildman–Crippen LogP) is 3.05. The Labute approximate surface area is 155 Å². The Morgan fingerprint density at radius 1 is 1.04 bits per heavy atom. The Hall–Kier alpha value is -2.18. The molecule has 3 aromatic rings. The van der Waals surface area contributed by atoms with Crippen molar-refractivity contribution in [3.63, 3.8) is 0 Å². The molecule has 128 valence electrons. The van der Waals surface area contributed by atoms with Crippen molar-refractivity contribution in [2.24, 2.45) is 0 Å². The second-order valence-electron chi connectivity index (χ2n) is 6.28. The van der Waals surface area contributed by atoms with Crippen molar-refractivity contribution >= 4 is 27.4 Å². The van der Waals surface area contributed by atoms with Crippen LogP contribution in [-0.2, 0) is 6.54 Å². The van der Waals surface area contributed by atoms with Crippen LogP contribution < -0.4 is 0 Å². The van der Waals surface area contributed by atoms with Gasteiger partial charge in [0.25, 0.3) is 5.91 Å². The van der Waals surface area contributed by atoms with Crippen LogP contribution in [0.2, 0.25) is 0 Å². The van der Waals surface area contributed by atoms with Gasteiger partial charge in [-0.25, -0.2) is 4.52 Å². The fourth-order valence-electron chi connectivity index (χ4n) is 3.21. The third kappa shape index (κ3) is 3.60. The smallest absolute Gasteiger partial charge is 0.253 e. The molecule has 6 heteroatoms. The standard InChI is InChI=1S/C19H19BrN4O/c20-16-5-3-4-15(12-16)19(25)23-10-8-22(9-11-23)14-17-13-18-6-1-2-7-24(18)21-17/h1-7,12-13H,8-11,14H2. The molecule has 1 saturated heterocycles. The number of nitrogens with zero attached hydrogens (tertiary/aromatic N) is 4. The van der Waals surface area contributed by atoms with Gasteiger partial charge in [-0.2, -0.15) is 5.10 Å². The molecule has 1 aliphatic heterocycles. The zero-order valence-electron chi connectivity index (χ0n) is 13.8. The lowest BCUT2D eigenvalue weighted by atomic mass is 10.2. The van der Waals surface area contributed by atoms with Crippen LogP contribution in [-0.4, -0.2) is 51.5 Å². The van der Waals surface area contributed by atoms with E-state index in [1.54, 1.807) is 0 Å². The van der Waals surface area contributed by atoms with Crippen molar-refractivity contribution in [2.75, 3.05) is 26.2 Å². The van der Waals surface area contributed by atoms with Gasteiger partial charge in [-0.05, 0) is 36.4 Å². The van der Waals surface area contributed by atoms with Gasteiger partial charge in [0, 0.05) is 49.0 Å². The van der Waals surface area contributed by atoms with Crippen molar-refractivity contribution < 1.29 is 4.79 Å². The van der Waals surface area contributed by atoms with Gasteiger partial charge in [0.05, 0.1) is 11.2 Å². The lowest BCUT2D eigenvalue weighted by Gasteiger charge is -2.34. The third-order valence-electron chi connectivity index (χ3n) is 4.54. The highest BCUT2D eigenvalue weighted by atomic mass is 79.9. The first-order valence-corrected chi connectivity index (χ1v) is 9.19. The second kappa shape index (κ2) is 6.98. The lowest BCUT2D eigenvalue weighted by molar-refractivity contribution is 0.0627. The number of hydrogen-bond donors (Lipinski definition) is 0. The quantitative estimate of drug-likeness (QED) is 0.680. The minimum absolute atomic E-state index is 0.105. The molecule has 1 fully saturated rings. The van der Waals surface area contributed by atoms with Crippen LogP contribution in [0.25, 0.3) is 5.52 Å². The number of benzene rings is 1. The van der Waals surface area contributed by atoms with Gasteiger partial charge in [-0.3, -0.25) is 9.69 Å². The average molecular weight is 399 g/mol. The average Bonchev–Trinajstić information content (AvgIpc) is 3.04. The van der Waals surface area contributed by atoms with E-state index in [2.05, 4.69) is 38.1 Å². The maximum atomic E-state index is 12.6. The molecule has 1 amide bonds. The van der Waals surface area contributed by atoms with Crippen molar-refractivity contribution in [3.8, 4) is 0 Å². The number of piperazine rings is 1. The van der Waals surface area contributed by atoms with Crippen LogP contribution in [0, 0.1) is 0 Å². The molecule has 0 aliphatic carbocycles. The van der Waals surface area contributed by atoms with Crippen LogP contribution in [0.4, 0.5) is 0 Å². The number of halogens is 1. The van der Waals surface area contributed by atoms with Gasteiger partial charge in [0.2, 0.25) is 0 Å². The number of aromatic nitrogens is 2. The van der Waals surface area contributed by atoms with Crippen LogP contribution >= 0.6 is 15.9 Å². The first-order valence-electron chi connectivity index (χ1n) is 8.39. The predicted molar refractivity (Wildman–Crippen MR) is 101 cm³/mol. The van der Waals surface area contributed by atoms with E-state index in [9.17, 15) is 4.79 Å². The summed E-state index contributed by atoms with van der Waals surface area (Å²) in [5.41, 5.74) is 2.92. The number of carbonyl (C=O) groups is 1. The van der Waals surface area contributed by atoms with Gasteiger partial charge >= 0.3 is 0 Å². The summed E-state index contributed by atoms with van der Waals surface area (Å²) >= 11 is 3.43. The number of amides is 1. The van der Waals surface area contributed by atoms with Crippen LogP contribution in [0.15, 0.2) is 59.2 Å². The molecule has 0 spiro atoms. The summed E-state index contributed by atoms with van der Waals surface area (Å²) in [6, 6.07) is 15.8. The summed E-state index contributed by atoms with van der Waals surface area (Å²) in [6.07, 6.45) is 1.97. The minimum Gasteiger partial charge on any atom is -0.336 e. The highest BCUT2D eigenvalue weighted by molar-refractivity contribution is 9.10. The molecule has 1 aliphatic rings. The molecule has 0 atom stereocenters. The number of rotatable bonds is 3. The van der Waals surface area contributed by atoms with E-state index in [0.29, 0.717) is 0 Å². The SMILES string of the molecule is O=C(c1cccc(Br)c1)N1CCN(Cc2cc3ccccn3n2)CC1. The fraction of sp³-hybridized carbons (Fsp3) is 0.263. The molecule has 1 aromatic carbocycles. The van der Waals surface area contributed by atoms with E-state index >= 15 is 0 Å². The summed E-state index contributed by atoms with van der Waals surface area (Å²) in [6.45, 7) is 4.05. The largest absolute Gasteiger partial charge is 0.336 e. The molecule has 4 rings (SSSR count). The maximum absolute atomic E-state index is 12.6. The highest BCUT2D eigenvalue weighted by Gasteiger charge is 2.22. The lowest BCUT2D eigenvalue weighted by Crippen LogP contribution is -2.48. The molecule has 0 bridgehead atoms. The maximum Gasteiger partial charge on any atom is 0.253 e. The molecular formula is C19H19BrN4O. The van der Waals surface area contributed by atoms with Gasteiger partial charge in [0.1, 0.15) is 0 Å². The van der Waals surface area contributed by atoms with Crippen molar-refractivity contribution in [2.45, 2.75) is 6.54 Å². The van der Waals surface area contributed by atoms with E-state index in [4.69, 9.17) is 0 Å². The zero-order valence-corrected chi connectivity index (χ0v) is 15.4. The normalized spacial score (nSPS) is 15.6. The van der Waals surface area contributed by atoms with Gasteiger partial charge < -0.3 is 4.90 Å². The molecule has 0 radical (unpaired) electrons. The van der Waals surface area contributed by atoms with E-state index in [-0.39, 0.29) is 5.91 Å². The van der Waals surface area contributed by atoms with Gasteiger partial charge in [-0.15, -0.1) is 0 Å². The van der Waals surface area contributed by atoms with E-state index < -0.39 is 0 Å². The van der Waals surface area contributed by atoms with Crippen LogP contribution in [0.1, 0.15) is 16.1 Å². The van der Waals surface area contributed by atoms with Gasteiger partial charge in [0.15, 0.2) is 0 Å². The van der Waals surface area contributed by atoms with E-state index in [1.165, 1.54) is 0 Å². The van der Waals surface area contributed by atoms with Crippen LogP contribution in [0.5, 0.6) is 0 Å². The second-order valence-corrected chi connectivity index (χ2v) is 7.20. The monoisotopic (exact) mass is 398 g/mol. The first kappa shape index (κ1) is 16.3. The number of carbonyl (C=O) groups excluding carboxylic acids is 1. The zero-order chi connectivity index (χ0) is 17.2. The summed E-state index contributed by atoms with van der Waals surface area (Å²) < 4.78 is 2.84. The summed E-state index contributed by atoms with van der Waals surface area (Å²) in [5, 5.41) is 4.61. The number of pyridine rings is 1. The van der Waals surface area contributed by atoms with Crippen molar-refractivity contribution in [1.82, 2.24) is 19.4 Å². The molecule has 25 heavy (non-hydrogen) atoms. The Balaban J connectivity index is 1.37. The Morgan fingerprint density at radius 2 is 1.88 bits per heavy atom. The number of fused-ring (bicyclic) bond motifs is 1. The third-order valence-corrected chi connectivity index (χ3v) is 5.03. The fourth-order valence-corrected chi connectivity index (χ4v) is 3.61. The summed E-state index contributed by atoms with van der Waals surface area (Å²) in [7, 11) is 0. The molecule has 0 N–H and O–H groups in total. The van der Waals surface area contributed by atoms with Crippen molar-refractivity contribution in [3.05, 3.63) is 70.5 Å². The molecule has 2 aromatic heterocycles. The van der Waals surface area contributed by atoms with Crippen LogP contribution in [0.3, 0.4) is 0 Å². The Kier molecular flexibility index (Phi) is 4.55. The Bertz CT molecular complexity index is 866. The molecule has 0 saturated carbocycles. The van der Waals surface area contributed by atoms with Gasteiger partial charge in [-0.1, -0.05) is 28.1 Å². The van der Waals surface area contributed by atoms with E-state index in [0.717, 1.165) is 54.0 Å². The molecule has 0 unspecified atom stereocenters. The molecule has 3 heterocycles.